The number of ketones is 1. The van der Waals surface area contributed by atoms with Crippen LogP contribution in [0.2, 0.25) is 0 Å². The number of benzene rings is 2. The average molecular weight is 418 g/mol. The van der Waals surface area contributed by atoms with Crippen molar-refractivity contribution < 1.29 is 19.0 Å². The summed E-state index contributed by atoms with van der Waals surface area (Å²) in [6.45, 7) is 0. The predicted molar refractivity (Wildman–Crippen MR) is 98.6 cm³/mol. The molecule has 0 aliphatic heterocycles. The van der Waals surface area contributed by atoms with E-state index in [0.717, 1.165) is 4.47 Å². The number of carbonyl (C=O) groups is 1. The van der Waals surface area contributed by atoms with Gasteiger partial charge in [-0.15, -0.1) is 0 Å². The van der Waals surface area contributed by atoms with Crippen LogP contribution in [-0.4, -0.2) is 41.9 Å². The van der Waals surface area contributed by atoms with E-state index in [9.17, 15) is 4.79 Å². The van der Waals surface area contributed by atoms with E-state index in [1.54, 1.807) is 30.3 Å². The number of aromatic nitrogens is 3. The van der Waals surface area contributed by atoms with Gasteiger partial charge in [-0.05, 0) is 30.3 Å². The fourth-order valence-electron chi connectivity index (χ4n) is 2.59. The Bertz CT molecular complexity index is 917. The average Bonchev–Trinajstić information content (AvgIpc) is 3.20. The van der Waals surface area contributed by atoms with Crippen molar-refractivity contribution in [2.45, 2.75) is 0 Å². The number of carbonyl (C=O) groups excluding carboxylic acids is 1. The van der Waals surface area contributed by atoms with E-state index in [-0.39, 0.29) is 5.78 Å². The second kappa shape index (κ2) is 7.57. The van der Waals surface area contributed by atoms with Gasteiger partial charge in [0.1, 0.15) is 12.7 Å². The zero-order valence-corrected chi connectivity index (χ0v) is 16.0. The maximum Gasteiger partial charge on any atom is 0.203 e. The molecule has 2 aromatic carbocycles. The van der Waals surface area contributed by atoms with E-state index in [1.165, 1.54) is 38.7 Å². The number of hydrogen-bond donors (Lipinski definition) is 0. The van der Waals surface area contributed by atoms with Gasteiger partial charge in [-0.1, -0.05) is 15.9 Å². The summed E-state index contributed by atoms with van der Waals surface area (Å²) in [4.78, 5) is 17.1. The highest BCUT2D eigenvalue weighted by Crippen LogP contribution is 2.39. The lowest BCUT2D eigenvalue weighted by Gasteiger charge is -2.14. The molecule has 0 bridgehead atoms. The molecule has 0 atom stereocenters. The monoisotopic (exact) mass is 417 g/mol. The van der Waals surface area contributed by atoms with Gasteiger partial charge in [0.2, 0.25) is 5.75 Å². The molecule has 1 heterocycles. The molecule has 0 unspecified atom stereocenters. The minimum absolute atomic E-state index is 0.206. The van der Waals surface area contributed by atoms with Crippen LogP contribution >= 0.6 is 15.9 Å². The van der Waals surface area contributed by atoms with Crippen LogP contribution in [0.3, 0.4) is 0 Å². The molecule has 7 nitrogen and oxygen atoms in total. The van der Waals surface area contributed by atoms with Gasteiger partial charge < -0.3 is 14.2 Å². The van der Waals surface area contributed by atoms with Crippen molar-refractivity contribution in [1.82, 2.24) is 14.8 Å². The molecule has 0 radical (unpaired) electrons. The summed E-state index contributed by atoms with van der Waals surface area (Å²) in [6.07, 6.45) is 2.95. The van der Waals surface area contributed by atoms with Crippen molar-refractivity contribution in [3.63, 3.8) is 0 Å². The first-order valence-electron chi connectivity index (χ1n) is 7.58. The standard InChI is InChI=1S/C18H16BrN3O4/c1-24-15-6-11(7-16(25-2)18(15)26-3)17(23)13-5-4-12(19)8-14(13)22-10-20-9-21-22/h4-10H,1-3H3. The highest BCUT2D eigenvalue weighted by atomic mass is 79.9. The maximum atomic E-state index is 13.2. The van der Waals surface area contributed by atoms with Crippen LogP contribution in [0.1, 0.15) is 15.9 Å². The Morgan fingerprint density at radius 1 is 1.04 bits per heavy atom. The van der Waals surface area contributed by atoms with Gasteiger partial charge in [-0.2, -0.15) is 5.10 Å². The zero-order chi connectivity index (χ0) is 18.7. The van der Waals surface area contributed by atoms with Crippen LogP contribution in [0, 0.1) is 0 Å². The molecule has 0 N–H and O–H groups in total. The van der Waals surface area contributed by atoms with Crippen molar-refractivity contribution >= 4 is 21.7 Å². The smallest absolute Gasteiger partial charge is 0.203 e. The Balaban J connectivity index is 2.14. The van der Waals surface area contributed by atoms with Crippen LogP contribution in [-0.2, 0) is 0 Å². The molecule has 8 heteroatoms. The van der Waals surface area contributed by atoms with E-state index < -0.39 is 0 Å². The topological polar surface area (TPSA) is 75.5 Å². The molecular weight excluding hydrogens is 402 g/mol. The molecule has 0 amide bonds. The zero-order valence-electron chi connectivity index (χ0n) is 14.4. The molecule has 0 aliphatic carbocycles. The van der Waals surface area contributed by atoms with Crippen molar-refractivity contribution in [2.75, 3.05) is 21.3 Å². The number of rotatable bonds is 6. The number of methoxy groups -OCH3 is 3. The minimum Gasteiger partial charge on any atom is -0.493 e. The summed E-state index contributed by atoms with van der Waals surface area (Å²) in [5.74, 6) is 1.05. The SMILES string of the molecule is COc1cc(C(=O)c2ccc(Br)cc2-n2cncn2)cc(OC)c1OC. The van der Waals surface area contributed by atoms with E-state index >= 15 is 0 Å². The second-order valence-corrected chi connectivity index (χ2v) is 6.16. The second-order valence-electron chi connectivity index (χ2n) is 5.24. The molecule has 3 rings (SSSR count). The quantitative estimate of drug-likeness (QED) is 0.572. The van der Waals surface area contributed by atoms with Gasteiger partial charge in [0, 0.05) is 15.6 Å². The third kappa shape index (κ3) is 3.28. The first kappa shape index (κ1) is 17.9. The molecule has 0 aliphatic rings. The van der Waals surface area contributed by atoms with Crippen molar-refractivity contribution in [3.8, 4) is 22.9 Å². The van der Waals surface area contributed by atoms with Crippen LogP contribution in [0.15, 0.2) is 47.5 Å². The molecule has 0 fully saturated rings. The number of halogens is 1. The first-order chi connectivity index (χ1) is 12.6. The fourth-order valence-corrected chi connectivity index (χ4v) is 2.94. The Morgan fingerprint density at radius 2 is 1.73 bits per heavy atom. The van der Waals surface area contributed by atoms with Gasteiger partial charge in [0.15, 0.2) is 17.3 Å². The molecule has 134 valence electrons. The van der Waals surface area contributed by atoms with Gasteiger partial charge >= 0.3 is 0 Å². The summed E-state index contributed by atoms with van der Waals surface area (Å²) in [6, 6.07) is 8.58. The molecule has 0 spiro atoms. The third-order valence-corrected chi connectivity index (χ3v) is 4.29. The largest absolute Gasteiger partial charge is 0.493 e. The summed E-state index contributed by atoms with van der Waals surface area (Å²) in [7, 11) is 4.53. The minimum atomic E-state index is -0.206. The highest BCUT2D eigenvalue weighted by Gasteiger charge is 2.21. The summed E-state index contributed by atoms with van der Waals surface area (Å²) >= 11 is 3.42. The van der Waals surface area contributed by atoms with Gasteiger partial charge in [-0.3, -0.25) is 4.79 Å². The molecule has 0 saturated carbocycles. The van der Waals surface area contributed by atoms with Crippen LogP contribution < -0.4 is 14.2 Å². The van der Waals surface area contributed by atoms with E-state index in [4.69, 9.17) is 14.2 Å². The van der Waals surface area contributed by atoms with Crippen molar-refractivity contribution in [1.29, 1.82) is 0 Å². The normalized spacial score (nSPS) is 10.5. The lowest BCUT2D eigenvalue weighted by molar-refractivity contribution is 0.103. The summed E-state index contributed by atoms with van der Waals surface area (Å²) in [5.41, 5.74) is 1.48. The van der Waals surface area contributed by atoms with E-state index in [1.807, 2.05) is 0 Å². The Kier molecular flexibility index (Phi) is 5.22. The molecule has 1 aromatic heterocycles. The predicted octanol–water partition coefficient (Wildman–Crippen LogP) is 3.29. The fraction of sp³-hybridized carbons (Fsp3) is 0.167. The van der Waals surface area contributed by atoms with Crippen molar-refractivity contribution in [2.24, 2.45) is 0 Å². The molecule has 26 heavy (non-hydrogen) atoms. The summed E-state index contributed by atoms with van der Waals surface area (Å²) in [5, 5.41) is 4.12. The highest BCUT2D eigenvalue weighted by molar-refractivity contribution is 9.10. The maximum absolute atomic E-state index is 13.2. The Morgan fingerprint density at radius 3 is 2.27 bits per heavy atom. The van der Waals surface area contributed by atoms with Gasteiger partial charge in [0.25, 0.3) is 0 Å². The number of ether oxygens (including phenoxy) is 3. The van der Waals surface area contributed by atoms with Crippen molar-refractivity contribution in [3.05, 3.63) is 58.6 Å². The molecular formula is C18H16BrN3O4. The Hall–Kier alpha value is -2.87. The van der Waals surface area contributed by atoms with Crippen LogP contribution in [0.5, 0.6) is 17.2 Å². The number of nitrogens with zero attached hydrogens (tertiary/aromatic N) is 3. The lowest BCUT2D eigenvalue weighted by Crippen LogP contribution is -2.09. The van der Waals surface area contributed by atoms with Gasteiger partial charge in [-0.25, -0.2) is 9.67 Å². The summed E-state index contributed by atoms with van der Waals surface area (Å²) < 4.78 is 18.3. The molecule has 0 saturated heterocycles. The van der Waals surface area contributed by atoms with E-state index in [0.29, 0.717) is 34.1 Å². The van der Waals surface area contributed by atoms with Crippen LogP contribution in [0.4, 0.5) is 0 Å². The lowest BCUT2D eigenvalue weighted by atomic mass is 10.0. The molecule has 3 aromatic rings. The number of hydrogen-bond acceptors (Lipinski definition) is 6. The van der Waals surface area contributed by atoms with Gasteiger partial charge in [0.05, 0.1) is 27.0 Å². The first-order valence-corrected chi connectivity index (χ1v) is 8.37. The third-order valence-electron chi connectivity index (χ3n) is 3.80. The van der Waals surface area contributed by atoms with E-state index in [2.05, 4.69) is 26.0 Å². The Labute approximate surface area is 158 Å². The van der Waals surface area contributed by atoms with Crippen LogP contribution in [0.25, 0.3) is 5.69 Å².